The fourth-order valence-corrected chi connectivity index (χ4v) is 4.04. The molecule has 1 N–H and O–H groups in total. The van der Waals surface area contributed by atoms with Gasteiger partial charge < -0.3 is 10.0 Å². The second kappa shape index (κ2) is 7.33. The second-order valence-corrected chi connectivity index (χ2v) is 7.56. The van der Waals surface area contributed by atoms with E-state index in [1.165, 1.54) is 16.7 Å². The lowest BCUT2D eigenvalue weighted by Gasteiger charge is -2.27. The summed E-state index contributed by atoms with van der Waals surface area (Å²) in [6, 6.07) is 4.09. The van der Waals surface area contributed by atoms with Gasteiger partial charge in [0.15, 0.2) is 0 Å². The van der Waals surface area contributed by atoms with E-state index in [1.54, 1.807) is 4.90 Å². The van der Waals surface area contributed by atoms with Crippen LogP contribution in [0.2, 0.25) is 0 Å². The maximum atomic E-state index is 12.9. The summed E-state index contributed by atoms with van der Waals surface area (Å²) in [6.45, 7) is 0.586. The maximum Gasteiger partial charge on any atom is 0.416 e. The summed E-state index contributed by atoms with van der Waals surface area (Å²) in [5, 5.41) is 14.0. The molecule has 156 valence electrons. The smallest absolute Gasteiger partial charge is 0.391 e. The Morgan fingerprint density at radius 2 is 2.07 bits per heavy atom. The largest absolute Gasteiger partial charge is 0.416 e. The summed E-state index contributed by atoms with van der Waals surface area (Å²) in [7, 11) is 0. The summed E-state index contributed by atoms with van der Waals surface area (Å²) in [5.41, 5.74) is -0.981. The van der Waals surface area contributed by atoms with Crippen molar-refractivity contribution in [3.05, 3.63) is 51.7 Å². The Morgan fingerprint density at radius 1 is 1.28 bits per heavy atom. The standard InChI is InChI=1S/C19H21F3N4O3/c20-19(21,22)13-4-1-3-12(9-13)10-25-18(29)26-15(5-2-6-16(26)23-25)17(28)24-8-7-14(27)11-24/h1,3-4,9,14-15,27H,2,5-8,10-11H2/t14-,15?/m0/s1. The van der Waals surface area contributed by atoms with Crippen molar-refractivity contribution in [2.24, 2.45) is 0 Å². The molecule has 1 fully saturated rings. The van der Waals surface area contributed by atoms with E-state index in [1.807, 2.05) is 0 Å². The Bertz CT molecular complexity index is 982. The van der Waals surface area contributed by atoms with Crippen LogP contribution in [0.25, 0.3) is 0 Å². The van der Waals surface area contributed by atoms with Crippen molar-refractivity contribution in [2.75, 3.05) is 13.1 Å². The third-order valence-electron chi connectivity index (χ3n) is 5.48. The number of alkyl halides is 3. The molecule has 2 aromatic rings. The molecule has 2 aliphatic heterocycles. The van der Waals surface area contributed by atoms with Crippen molar-refractivity contribution in [1.82, 2.24) is 19.2 Å². The summed E-state index contributed by atoms with van der Waals surface area (Å²) in [5.74, 6) is 0.245. The lowest BCUT2D eigenvalue weighted by atomic mass is 10.0. The summed E-state index contributed by atoms with van der Waals surface area (Å²) in [4.78, 5) is 27.3. The average Bonchev–Trinajstić information content (AvgIpc) is 3.24. The molecule has 1 saturated heterocycles. The van der Waals surface area contributed by atoms with Gasteiger partial charge in [-0.15, -0.1) is 0 Å². The number of halogens is 3. The number of aryl methyl sites for hydroxylation is 1. The van der Waals surface area contributed by atoms with Crippen LogP contribution in [0.5, 0.6) is 0 Å². The topological polar surface area (TPSA) is 80.4 Å². The fourth-order valence-electron chi connectivity index (χ4n) is 4.04. The Kier molecular flexibility index (Phi) is 4.97. The van der Waals surface area contributed by atoms with Crippen LogP contribution >= 0.6 is 0 Å². The summed E-state index contributed by atoms with van der Waals surface area (Å²) in [6.07, 6.45) is -2.80. The number of likely N-dealkylation sites (tertiary alicyclic amines) is 1. The molecule has 0 saturated carbocycles. The number of benzene rings is 1. The first-order valence-electron chi connectivity index (χ1n) is 9.55. The summed E-state index contributed by atoms with van der Waals surface area (Å²) < 4.78 is 41.3. The van der Waals surface area contributed by atoms with Crippen molar-refractivity contribution in [1.29, 1.82) is 0 Å². The lowest BCUT2D eigenvalue weighted by Crippen LogP contribution is -2.42. The Balaban J connectivity index is 1.62. The highest BCUT2D eigenvalue weighted by Gasteiger charge is 2.36. The van der Waals surface area contributed by atoms with Gasteiger partial charge in [-0.3, -0.25) is 9.36 Å². The Labute approximate surface area is 164 Å². The average molecular weight is 410 g/mol. The van der Waals surface area contributed by atoms with Gasteiger partial charge in [0.1, 0.15) is 11.9 Å². The molecule has 1 amide bonds. The molecule has 1 unspecified atom stereocenters. The number of hydrogen-bond donors (Lipinski definition) is 1. The van der Waals surface area contributed by atoms with E-state index >= 15 is 0 Å². The molecule has 4 rings (SSSR count). The number of hydrogen-bond acceptors (Lipinski definition) is 4. The molecule has 2 atom stereocenters. The molecule has 10 heteroatoms. The van der Waals surface area contributed by atoms with Crippen LogP contribution in [0, 0.1) is 0 Å². The minimum absolute atomic E-state index is 0.105. The number of nitrogens with zero attached hydrogens (tertiary/aromatic N) is 4. The van der Waals surface area contributed by atoms with Crippen LogP contribution in [0.1, 0.15) is 42.3 Å². The van der Waals surface area contributed by atoms with Crippen molar-refractivity contribution in [3.8, 4) is 0 Å². The van der Waals surface area contributed by atoms with Crippen LogP contribution in [0.15, 0.2) is 29.1 Å². The van der Waals surface area contributed by atoms with Gasteiger partial charge in [-0.2, -0.15) is 18.3 Å². The van der Waals surface area contributed by atoms with Gasteiger partial charge in [-0.05, 0) is 37.0 Å². The monoisotopic (exact) mass is 410 g/mol. The highest BCUT2D eigenvalue weighted by atomic mass is 19.4. The van der Waals surface area contributed by atoms with Gasteiger partial charge >= 0.3 is 11.9 Å². The lowest BCUT2D eigenvalue weighted by molar-refractivity contribution is -0.137. The first-order chi connectivity index (χ1) is 13.7. The van der Waals surface area contributed by atoms with Crippen LogP contribution in [-0.2, 0) is 23.9 Å². The van der Waals surface area contributed by atoms with E-state index in [0.29, 0.717) is 43.6 Å². The number of carbonyl (C=O) groups excluding carboxylic acids is 1. The predicted molar refractivity (Wildman–Crippen MR) is 96.2 cm³/mol. The molecule has 3 heterocycles. The molecule has 7 nitrogen and oxygen atoms in total. The number of carbonyl (C=O) groups is 1. The second-order valence-electron chi connectivity index (χ2n) is 7.56. The first kappa shape index (κ1) is 19.7. The van der Waals surface area contributed by atoms with Gasteiger partial charge in [0.25, 0.3) is 0 Å². The minimum Gasteiger partial charge on any atom is -0.391 e. The number of rotatable bonds is 3. The molecule has 0 aliphatic carbocycles. The van der Waals surface area contributed by atoms with E-state index in [9.17, 15) is 27.9 Å². The van der Waals surface area contributed by atoms with Gasteiger partial charge in [-0.25, -0.2) is 9.48 Å². The zero-order chi connectivity index (χ0) is 20.8. The van der Waals surface area contributed by atoms with Crippen LogP contribution in [-0.4, -0.2) is 49.5 Å². The minimum atomic E-state index is -4.47. The highest BCUT2D eigenvalue weighted by molar-refractivity contribution is 5.81. The third-order valence-corrected chi connectivity index (χ3v) is 5.48. The van der Waals surface area contributed by atoms with Gasteiger partial charge in [0.05, 0.1) is 18.2 Å². The normalized spacial score (nSPS) is 22.0. The maximum absolute atomic E-state index is 12.9. The van der Waals surface area contributed by atoms with Crippen molar-refractivity contribution in [3.63, 3.8) is 0 Å². The van der Waals surface area contributed by atoms with E-state index < -0.39 is 29.6 Å². The zero-order valence-corrected chi connectivity index (χ0v) is 15.6. The van der Waals surface area contributed by atoms with Crippen LogP contribution < -0.4 is 5.69 Å². The molecule has 0 radical (unpaired) electrons. The molecule has 0 bridgehead atoms. The number of aliphatic hydroxyl groups excluding tert-OH is 1. The zero-order valence-electron chi connectivity index (χ0n) is 15.6. The Morgan fingerprint density at radius 3 is 2.76 bits per heavy atom. The summed E-state index contributed by atoms with van der Waals surface area (Å²) >= 11 is 0. The van der Waals surface area contributed by atoms with E-state index in [4.69, 9.17) is 0 Å². The fraction of sp³-hybridized carbons (Fsp3) is 0.526. The number of amides is 1. The Hall–Kier alpha value is -2.62. The SMILES string of the molecule is O=C(C1CCCc2nn(Cc3cccc(C(F)(F)F)c3)c(=O)n21)N1CC[C@H](O)C1. The highest BCUT2D eigenvalue weighted by Crippen LogP contribution is 2.30. The van der Waals surface area contributed by atoms with E-state index in [0.717, 1.165) is 16.8 Å². The quantitative estimate of drug-likeness (QED) is 0.833. The molecule has 2 aliphatic rings. The predicted octanol–water partition coefficient (Wildman–Crippen LogP) is 1.58. The molecule has 29 heavy (non-hydrogen) atoms. The number of aliphatic hydroxyl groups is 1. The number of aromatic nitrogens is 3. The molecule has 0 spiro atoms. The van der Waals surface area contributed by atoms with Gasteiger partial charge in [-0.1, -0.05) is 12.1 Å². The van der Waals surface area contributed by atoms with Crippen molar-refractivity contribution in [2.45, 2.75) is 50.6 Å². The molecular weight excluding hydrogens is 389 g/mol. The molecule has 1 aromatic carbocycles. The van der Waals surface area contributed by atoms with E-state index in [-0.39, 0.29) is 19.0 Å². The van der Waals surface area contributed by atoms with Crippen LogP contribution in [0.3, 0.4) is 0 Å². The molecule has 1 aromatic heterocycles. The first-order valence-corrected chi connectivity index (χ1v) is 9.55. The van der Waals surface area contributed by atoms with Crippen molar-refractivity contribution < 1.29 is 23.1 Å². The van der Waals surface area contributed by atoms with E-state index in [2.05, 4.69) is 5.10 Å². The van der Waals surface area contributed by atoms with Gasteiger partial charge in [0.2, 0.25) is 5.91 Å². The van der Waals surface area contributed by atoms with Crippen LogP contribution in [0.4, 0.5) is 13.2 Å². The number of β-amino-alcohol motifs (C(OH)–C–C–N with tert-alkyl or cyclic N) is 1. The number of fused-ring (bicyclic) bond motifs is 1. The third kappa shape index (κ3) is 3.81. The van der Waals surface area contributed by atoms with Gasteiger partial charge in [0, 0.05) is 19.5 Å². The molecular formula is C19H21F3N4O3. The van der Waals surface area contributed by atoms with Crippen molar-refractivity contribution >= 4 is 5.91 Å².